The molecule has 1 heterocycles. The Morgan fingerprint density at radius 1 is 1.25 bits per heavy atom. The van der Waals surface area contributed by atoms with Crippen molar-refractivity contribution in [2.45, 2.75) is 17.0 Å². The third-order valence-electron chi connectivity index (χ3n) is 2.95. The lowest BCUT2D eigenvalue weighted by Crippen LogP contribution is -1.84. The monoisotopic (exact) mass is 280 g/mol. The van der Waals surface area contributed by atoms with Gasteiger partial charge in [0.05, 0.1) is 16.6 Å². The Kier molecular flexibility index (Phi) is 3.09. The van der Waals surface area contributed by atoms with Crippen LogP contribution in [0.5, 0.6) is 0 Å². The number of nitrogens with two attached hydrogens (primary N) is 1. The average Bonchev–Trinajstić information content (AvgIpc) is 2.82. The van der Waals surface area contributed by atoms with Crippen molar-refractivity contribution in [3.8, 4) is 6.07 Å². The number of fused-ring (bicyclic) bond motifs is 1. The average molecular weight is 280 g/mol. The first kappa shape index (κ1) is 12.6. The molecule has 3 aromatic rings. The van der Waals surface area contributed by atoms with Gasteiger partial charge in [0.25, 0.3) is 0 Å². The molecule has 2 aromatic carbocycles. The van der Waals surface area contributed by atoms with E-state index in [0.29, 0.717) is 11.3 Å². The van der Waals surface area contributed by atoms with Gasteiger partial charge in [-0.25, -0.2) is 4.98 Å². The van der Waals surface area contributed by atoms with Gasteiger partial charge in [0.1, 0.15) is 6.07 Å². The zero-order chi connectivity index (χ0) is 14.1. The van der Waals surface area contributed by atoms with Crippen LogP contribution in [-0.4, -0.2) is 9.97 Å². The molecule has 0 aliphatic carbocycles. The van der Waals surface area contributed by atoms with E-state index in [1.807, 2.05) is 43.3 Å². The fourth-order valence-electron chi connectivity index (χ4n) is 1.98. The summed E-state index contributed by atoms with van der Waals surface area (Å²) in [6.07, 6.45) is 0. The normalized spacial score (nSPS) is 10.6. The molecule has 0 amide bonds. The molecule has 0 radical (unpaired) electrons. The van der Waals surface area contributed by atoms with Gasteiger partial charge in [0, 0.05) is 10.6 Å². The smallest absolute Gasteiger partial charge is 0.171 e. The lowest BCUT2D eigenvalue weighted by Gasteiger charge is -2.01. The molecule has 1 aromatic heterocycles. The number of benzene rings is 2. The number of rotatable bonds is 2. The van der Waals surface area contributed by atoms with Crippen LogP contribution < -0.4 is 5.73 Å². The molecule has 5 heteroatoms. The SMILES string of the molecule is Cc1ccc(Sc2nc3ccc(N)cc3[nH]2)c(C#N)c1. The Hall–Kier alpha value is -2.45. The van der Waals surface area contributed by atoms with E-state index < -0.39 is 0 Å². The summed E-state index contributed by atoms with van der Waals surface area (Å²) in [7, 11) is 0. The number of nitrogen functional groups attached to an aromatic ring is 1. The number of imidazole rings is 1. The van der Waals surface area contributed by atoms with Gasteiger partial charge in [-0.05, 0) is 42.8 Å². The number of anilines is 1. The van der Waals surface area contributed by atoms with Crippen LogP contribution in [0.3, 0.4) is 0 Å². The van der Waals surface area contributed by atoms with Crippen molar-refractivity contribution in [1.82, 2.24) is 9.97 Å². The summed E-state index contributed by atoms with van der Waals surface area (Å²) >= 11 is 1.45. The second-order valence-electron chi connectivity index (χ2n) is 4.53. The minimum atomic E-state index is 0.662. The van der Waals surface area contributed by atoms with E-state index in [4.69, 9.17) is 5.73 Å². The van der Waals surface area contributed by atoms with Crippen LogP contribution in [0.25, 0.3) is 11.0 Å². The summed E-state index contributed by atoms with van der Waals surface area (Å²) in [5.41, 5.74) is 9.95. The van der Waals surface area contributed by atoms with Gasteiger partial charge >= 0.3 is 0 Å². The molecule has 98 valence electrons. The van der Waals surface area contributed by atoms with Crippen molar-refractivity contribution in [2.75, 3.05) is 5.73 Å². The number of nitrogens with zero attached hydrogens (tertiary/aromatic N) is 2. The highest BCUT2D eigenvalue weighted by molar-refractivity contribution is 7.99. The molecule has 0 aliphatic heterocycles. The van der Waals surface area contributed by atoms with Gasteiger partial charge in [-0.3, -0.25) is 0 Å². The minimum Gasteiger partial charge on any atom is -0.399 e. The van der Waals surface area contributed by atoms with Crippen LogP contribution in [0.1, 0.15) is 11.1 Å². The number of H-pyrrole nitrogens is 1. The molecule has 0 bridgehead atoms. The lowest BCUT2D eigenvalue weighted by atomic mass is 10.2. The summed E-state index contributed by atoms with van der Waals surface area (Å²) in [5.74, 6) is 0. The fraction of sp³-hybridized carbons (Fsp3) is 0.0667. The molecule has 0 aliphatic rings. The van der Waals surface area contributed by atoms with Crippen molar-refractivity contribution in [3.63, 3.8) is 0 Å². The molecule has 0 spiro atoms. The van der Waals surface area contributed by atoms with Gasteiger partial charge in [0.15, 0.2) is 5.16 Å². The first-order chi connectivity index (χ1) is 9.65. The molecule has 0 saturated carbocycles. The van der Waals surface area contributed by atoms with Gasteiger partial charge in [-0.1, -0.05) is 17.8 Å². The van der Waals surface area contributed by atoms with Gasteiger partial charge in [-0.15, -0.1) is 0 Å². The molecule has 3 N–H and O–H groups in total. The van der Waals surface area contributed by atoms with Crippen LogP contribution in [0, 0.1) is 18.3 Å². The van der Waals surface area contributed by atoms with E-state index in [2.05, 4.69) is 16.0 Å². The van der Waals surface area contributed by atoms with E-state index in [0.717, 1.165) is 26.6 Å². The maximum absolute atomic E-state index is 9.19. The molecule has 0 unspecified atom stereocenters. The number of aromatic nitrogens is 2. The van der Waals surface area contributed by atoms with Crippen molar-refractivity contribution in [1.29, 1.82) is 5.26 Å². The Morgan fingerprint density at radius 3 is 2.90 bits per heavy atom. The third kappa shape index (κ3) is 2.33. The Balaban J connectivity index is 1.99. The molecule has 0 atom stereocenters. The highest BCUT2D eigenvalue weighted by Gasteiger charge is 2.08. The highest BCUT2D eigenvalue weighted by Crippen LogP contribution is 2.30. The maximum Gasteiger partial charge on any atom is 0.171 e. The van der Waals surface area contributed by atoms with Crippen LogP contribution in [0.4, 0.5) is 5.69 Å². The first-order valence-electron chi connectivity index (χ1n) is 6.09. The summed E-state index contributed by atoms with van der Waals surface area (Å²) in [6, 6.07) is 13.6. The Bertz CT molecular complexity index is 829. The second-order valence-corrected chi connectivity index (χ2v) is 5.56. The quantitative estimate of drug-likeness (QED) is 0.704. The van der Waals surface area contributed by atoms with Crippen molar-refractivity contribution < 1.29 is 0 Å². The predicted octanol–water partition coefficient (Wildman–Crippen LogP) is 3.48. The molecule has 0 saturated heterocycles. The Morgan fingerprint density at radius 2 is 2.10 bits per heavy atom. The van der Waals surface area contributed by atoms with Crippen LogP contribution in [0.2, 0.25) is 0 Å². The van der Waals surface area contributed by atoms with Gasteiger partial charge < -0.3 is 10.7 Å². The van der Waals surface area contributed by atoms with E-state index in [1.54, 1.807) is 0 Å². The number of nitriles is 1. The molecular weight excluding hydrogens is 268 g/mol. The van der Waals surface area contributed by atoms with Gasteiger partial charge in [-0.2, -0.15) is 5.26 Å². The van der Waals surface area contributed by atoms with Crippen molar-refractivity contribution in [3.05, 3.63) is 47.5 Å². The van der Waals surface area contributed by atoms with E-state index in [9.17, 15) is 5.26 Å². The number of aromatic amines is 1. The van der Waals surface area contributed by atoms with Crippen LogP contribution >= 0.6 is 11.8 Å². The van der Waals surface area contributed by atoms with Crippen molar-refractivity contribution in [2.24, 2.45) is 0 Å². The zero-order valence-corrected chi connectivity index (χ0v) is 11.7. The number of hydrogen-bond donors (Lipinski definition) is 2. The molecule has 20 heavy (non-hydrogen) atoms. The third-order valence-corrected chi connectivity index (χ3v) is 3.91. The molecule has 3 rings (SSSR count). The number of nitrogens with one attached hydrogen (secondary N) is 1. The molecule has 4 nitrogen and oxygen atoms in total. The van der Waals surface area contributed by atoms with Crippen LogP contribution in [-0.2, 0) is 0 Å². The molecular formula is C15H12N4S. The van der Waals surface area contributed by atoms with Gasteiger partial charge in [0.2, 0.25) is 0 Å². The highest BCUT2D eigenvalue weighted by atomic mass is 32.2. The predicted molar refractivity (Wildman–Crippen MR) is 80.5 cm³/mol. The second kappa shape index (κ2) is 4.91. The fourth-order valence-corrected chi connectivity index (χ4v) is 2.84. The largest absolute Gasteiger partial charge is 0.399 e. The van der Waals surface area contributed by atoms with E-state index in [-0.39, 0.29) is 0 Å². The van der Waals surface area contributed by atoms with E-state index in [1.165, 1.54) is 11.8 Å². The van der Waals surface area contributed by atoms with E-state index >= 15 is 0 Å². The summed E-state index contributed by atoms with van der Waals surface area (Å²) in [5, 5.41) is 9.94. The molecule has 0 fully saturated rings. The maximum atomic E-state index is 9.19. The lowest BCUT2D eigenvalue weighted by molar-refractivity contribution is 1.08. The first-order valence-corrected chi connectivity index (χ1v) is 6.91. The Labute approximate surface area is 120 Å². The standard InChI is InChI=1S/C15H12N4S/c1-9-2-5-14(10(6-9)8-16)20-15-18-12-4-3-11(17)7-13(12)19-15/h2-7H,17H2,1H3,(H,18,19). The summed E-state index contributed by atoms with van der Waals surface area (Å²) in [6.45, 7) is 1.97. The zero-order valence-electron chi connectivity index (χ0n) is 10.8. The number of hydrogen-bond acceptors (Lipinski definition) is 4. The topological polar surface area (TPSA) is 78.5 Å². The van der Waals surface area contributed by atoms with Crippen LogP contribution in [0.15, 0.2) is 46.5 Å². The summed E-state index contributed by atoms with van der Waals surface area (Å²) < 4.78 is 0. The minimum absolute atomic E-state index is 0.662. The van der Waals surface area contributed by atoms with Crippen molar-refractivity contribution >= 4 is 28.5 Å². The number of aryl methyl sites for hydroxylation is 1. The summed E-state index contributed by atoms with van der Waals surface area (Å²) in [4.78, 5) is 8.60.